The first-order chi connectivity index (χ1) is 11.6. The zero-order chi connectivity index (χ0) is 16.9. The number of rotatable bonds is 5. The molecular weight excluding hydrogens is 302 g/mol. The van der Waals surface area contributed by atoms with E-state index in [1.807, 2.05) is 10.7 Å². The minimum Gasteiger partial charge on any atom is -0.338 e. The van der Waals surface area contributed by atoms with E-state index in [-0.39, 0.29) is 12.1 Å². The van der Waals surface area contributed by atoms with Crippen molar-refractivity contribution in [3.8, 4) is 0 Å². The second-order valence-corrected chi connectivity index (χ2v) is 6.56. The summed E-state index contributed by atoms with van der Waals surface area (Å²) in [4.78, 5) is 16.4. The van der Waals surface area contributed by atoms with E-state index >= 15 is 0 Å². The van der Waals surface area contributed by atoms with Gasteiger partial charge in [-0.1, -0.05) is 11.6 Å². The molecule has 6 heteroatoms. The molecule has 0 atom stereocenters. The van der Waals surface area contributed by atoms with Crippen LogP contribution in [0.2, 0.25) is 0 Å². The highest BCUT2D eigenvalue weighted by atomic mass is 16.2. The highest BCUT2D eigenvalue weighted by Gasteiger charge is 2.09. The monoisotopic (exact) mass is 327 g/mol. The third-order valence-corrected chi connectivity index (χ3v) is 4.30. The number of carbonyl (C=O) groups excluding carboxylic acids is 1. The summed E-state index contributed by atoms with van der Waals surface area (Å²) in [6.07, 6.45) is 11.6. The minimum atomic E-state index is -0.191. The fraction of sp³-hybridized carbons (Fsp3) is 0.500. The quantitative estimate of drug-likeness (QED) is 0.815. The van der Waals surface area contributed by atoms with Gasteiger partial charge in [-0.05, 0) is 52.0 Å². The van der Waals surface area contributed by atoms with Crippen LogP contribution in [0, 0.1) is 0 Å². The number of fused-ring (bicyclic) bond motifs is 1. The summed E-state index contributed by atoms with van der Waals surface area (Å²) in [5, 5.41) is 11.0. The number of carbonyl (C=O) groups is 1. The third-order valence-electron chi connectivity index (χ3n) is 4.30. The normalized spacial score (nSPS) is 14.7. The molecule has 2 heterocycles. The molecule has 1 aliphatic rings. The Morgan fingerprint density at radius 2 is 2.21 bits per heavy atom. The molecule has 0 bridgehead atoms. The van der Waals surface area contributed by atoms with E-state index in [0.29, 0.717) is 12.2 Å². The van der Waals surface area contributed by atoms with E-state index < -0.39 is 0 Å². The van der Waals surface area contributed by atoms with Gasteiger partial charge in [0.05, 0.1) is 18.1 Å². The number of aromatic nitrogens is 3. The Balaban J connectivity index is 1.54. The topological polar surface area (TPSA) is 71.8 Å². The van der Waals surface area contributed by atoms with Gasteiger partial charge in [-0.2, -0.15) is 5.10 Å². The molecule has 0 unspecified atom stereocenters. The number of amides is 2. The van der Waals surface area contributed by atoms with Crippen LogP contribution < -0.4 is 10.6 Å². The molecule has 2 aromatic heterocycles. The average molecular weight is 327 g/mol. The molecule has 2 aromatic rings. The molecule has 1 aliphatic carbocycles. The van der Waals surface area contributed by atoms with Gasteiger partial charge in [0, 0.05) is 18.0 Å². The van der Waals surface area contributed by atoms with Gasteiger partial charge < -0.3 is 10.6 Å². The maximum atomic E-state index is 12.0. The molecule has 0 saturated heterocycles. The van der Waals surface area contributed by atoms with Crippen LogP contribution in [0.1, 0.15) is 52.0 Å². The lowest BCUT2D eigenvalue weighted by Gasteiger charge is -2.13. The molecule has 0 fully saturated rings. The van der Waals surface area contributed by atoms with Crippen molar-refractivity contribution in [3.05, 3.63) is 30.1 Å². The van der Waals surface area contributed by atoms with Crippen LogP contribution in [-0.2, 0) is 0 Å². The Bertz CT molecular complexity index is 747. The number of hydrogen-bond donors (Lipinski definition) is 2. The van der Waals surface area contributed by atoms with Crippen LogP contribution in [0.3, 0.4) is 0 Å². The van der Waals surface area contributed by atoms with Crippen molar-refractivity contribution in [2.24, 2.45) is 0 Å². The molecule has 24 heavy (non-hydrogen) atoms. The molecule has 0 aromatic carbocycles. The molecule has 0 radical (unpaired) electrons. The summed E-state index contributed by atoms with van der Waals surface area (Å²) in [6, 6.07) is 1.97. The first-order valence-corrected chi connectivity index (χ1v) is 8.69. The predicted molar refractivity (Wildman–Crippen MR) is 96.1 cm³/mol. The Kier molecular flexibility index (Phi) is 5.13. The maximum Gasteiger partial charge on any atom is 0.319 e. The first-order valence-electron chi connectivity index (χ1n) is 8.69. The Labute approximate surface area is 142 Å². The summed E-state index contributed by atoms with van der Waals surface area (Å²) in [6.45, 7) is 4.80. The Morgan fingerprint density at radius 3 is 2.96 bits per heavy atom. The average Bonchev–Trinajstić information content (AvgIpc) is 2.99. The van der Waals surface area contributed by atoms with Gasteiger partial charge >= 0.3 is 6.03 Å². The number of allylic oxidation sites excluding steroid dienone is 1. The molecule has 3 rings (SSSR count). The summed E-state index contributed by atoms with van der Waals surface area (Å²) in [5.74, 6) is 0. The maximum absolute atomic E-state index is 12.0. The standard InChI is InChI=1S/C18H25N5O/c1-13(2)23-17-15(11-21-23)10-16(12-20-17)22-18(24)19-9-8-14-6-4-3-5-7-14/h6,10-13H,3-5,7-9H2,1-2H3,(H2,19,22,24). The van der Waals surface area contributed by atoms with E-state index in [2.05, 4.69) is 40.6 Å². The smallest absolute Gasteiger partial charge is 0.319 e. The van der Waals surface area contributed by atoms with Crippen molar-refractivity contribution in [1.82, 2.24) is 20.1 Å². The highest BCUT2D eigenvalue weighted by Crippen LogP contribution is 2.20. The fourth-order valence-corrected chi connectivity index (χ4v) is 3.03. The van der Waals surface area contributed by atoms with Gasteiger partial charge in [-0.25, -0.2) is 14.5 Å². The molecule has 0 aliphatic heterocycles. The van der Waals surface area contributed by atoms with Crippen molar-refractivity contribution < 1.29 is 4.79 Å². The molecule has 0 spiro atoms. The molecule has 2 amide bonds. The summed E-state index contributed by atoms with van der Waals surface area (Å²) >= 11 is 0. The van der Waals surface area contributed by atoms with E-state index in [9.17, 15) is 4.79 Å². The van der Waals surface area contributed by atoms with Gasteiger partial charge in [0.2, 0.25) is 0 Å². The van der Waals surface area contributed by atoms with E-state index in [1.54, 1.807) is 12.4 Å². The van der Waals surface area contributed by atoms with Crippen molar-refractivity contribution >= 4 is 22.8 Å². The highest BCUT2D eigenvalue weighted by molar-refractivity contribution is 5.91. The predicted octanol–water partition coefficient (Wildman–Crippen LogP) is 4.02. The lowest BCUT2D eigenvalue weighted by atomic mass is 9.97. The van der Waals surface area contributed by atoms with Crippen molar-refractivity contribution in [3.63, 3.8) is 0 Å². The van der Waals surface area contributed by atoms with Crippen LogP contribution in [0.15, 0.2) is 30.1 Å². The Morgan fingerprint density at radius 1 is 1.33 bits per heavy atom. The molecule has 6 nitrogen and oxygen atoms in total. The summed E-state index contributed by atoms with van der Waals surface area (Å²) in [5.41, 5.74) is 2.98. The lowest BCUT2D eigenvalue weighted by Crippen LogP contribution is -2.29. The zero-order valence-electron chi connectivity index (χ0n) is 14.4. The molecule has 2 N–H and O–H groups in total. The van der Waals surface area contributed by atoms with Gasteiger partial charge in [0.15, 0.2) is 5.65 Å². The first kappa shape index (κ1) is 16.5. The van der Waals surface area contributed by atoms with Crippen molar-refractivity contribution in [2.75, 3.05) is 11.9 Å². The van der Waals surface area contributed by atoms with Gasteiger partial charge in [0.25, 0.3) is 0 Å². The number of hydrogen-bond acceptors (Lipinski definition) is 3. The van der Waals surface area contributed by atoms with Crippen molar-refractivity contribution in [2.45, 2.75) is 52.0 Å². The van der Waals surface area contributed by atoms with Crippen LogP contribution in [0.5, 0.6) is 0 Å². The van der Waals surface area contributed by atoms with E-state index in [1.165, 1.54) is 31.3 Å². The van der Waals surface area contributed by atoms with Gasteiger partial charge in [0.1, 0.15) is 0 Å². The summed E-state index contributed by atoms with van der Waals surface area (Å²) in [7, 11) is 0. The van der Waals surface area contributed by atoms with Crippen molar-refractivity contribution in [1.29, 1.82) is 0 Å². The second kappa shape index (κ2) is 7.47. The van der Waals surface area contributed by atoms with E-state index in [4.69, 9.17) is 0 Å². The van der Waals surface area contributed by atoms with Crippen LogP contribution >= 0.6 is 0 Å². The third kappa shape index (κ3) is 3.93. The van der Waals surface area contributed by atoms with Gasteiger partial charge in [-0.3, -0.25) is 0 Å². The van der Waals surface area contributed by atoms with Crippen LogP contribution in [0.4, 0.5) is 10.5 Å². The number of anilines is 1. The summed E-state index contributed by atoms with van der Waals surface area (Å²) < 4.78 is 1.87. The number of urea groups is 1. The minimum absolute atomic E-state index is 0.191. The van der Waals surface area contributed by atoms with Crippen LogP contribution in [0.25, 0.3) is 11.0 Å². The molecule has 128 valence electrons. The molecule has 0 saturated carbocycles. The van der Waals surface area contributed by atoms with Gasteiger partial charge in [-0.15, -0.1) is 0 Å². The lowest BCUT2D eigenvalue weighted by molar-refractivity contribution is 0.252. The number of pyridine rings is 1. The van der Waals surface area contributed by atoms with Crippen LogP contribution in [-0.4, -0.2) is 27.3 Å². The number of nitrogens with zero attached hydrogens (tertiary/aromatic N) is 3. The molecular formula is C18H25N5O. The Hall–Kier alpha value is -2.37. The van der Waals surface area contributed by atoms with E-state index in [0.717, 1.165) is 17.5 Å². The largest absolute Gasteiger partial charge is 0.338 e. The fourth-order valence-electron chi connectivity index (χ4n) is 3.03. The zero-order valence-corrected chi connectivity index (χ0v) is 14.4. The second-order valence-electron chi connectivity index (χ2n) is 6.56. The SMILES string of the molecule is CC(C)n1ncc2cc(NC(=O)NCCC3=CCCCC3)cnc21. The number of nitrogens with one attached hydrogen (secondary N) is 2.